The van der Waals surface area contributed by atoms with E-state index >= 15 is 4.39 Å². The van der Waals surface area contributed by atoms with Crippen LogP contribution in [-0.2, 0) is 15.0 Å². The van der Waals surface area contributed by atoms with Crippen LogP contribution in [0.25, 0.3) is 0 Å². The largest absolute Gasteiger partial charge is 0.444 e. The number of rotatable bonds is 6. The number of benzene rings is 1. The van der Waals surface area contributed by atoms with E-state index in [0.717, 1.165) is 12.1 Å². The van der Waals surface area contributed by atoms with Crippen molar-refractivity contribution in [1.82, 2.24) is 10.3 Å². The summed E-state index contributed by atoms with van der Waals surface area (Å²) in [6, 6.07) is 6.63. The van der Waals surface area contributed by atoms with Gasteiger partial charge in [0.15, 0.2) is 5.60 Å². The van der Waals surface area contributed by atoms with Crippen molar-refractivity contribution in [1.29, 1.82) is 5.26 Å². The Morgan fingerprint density at radius 2 is 1.85 bits per heavy atom. The van der Waals surface area contributed by atoms with Crippen LogP contribution in [-0.4, -0.2) is 60.7 Å². The molecule has 0 bridgehead atoms. The Bertz CT molecular complexity index is 1330. The standard InChI is InChI=1S/C26H27F4N5O4/c1-15-7-16(9-31)10-32-20(15)21(36)33-17-5-6-19(30)18(8-17)25(11-27)14-38-26(12-28,13-29)22(35-25)34-23(37)39-24(2,3)4/h5-8,10H,11-14H2,1-4H3,(H,33,36)(H,34,35,37)/t25-/m0/s1. The van der Waals surface area contributed by atoms with Crippen molar-refractivity contribution in [3.05, 3.63) is 58.7 Å². The van der Waals surface area contributed by atoms with E-state index in [4.69, 9.17) is 14.7 Å². The average Bonchev–Trinajstić information content (AvgIpc) is 2.88. The predicted molar refractivity (Wildman–Crippen MR) is 133 cm³/mol. The highest BCUT2D eigenvalue weighted by atomic mass is 19.1. The summed E-state index contributed by atoms with van der Waals surface area (Å²) in [6.45, 7) is 1.16. The summed E-state index contributed by atoms with van der Waals surface area (Å²) in [5, 5.41) is 13.6. The Kier molecular flexibility index (Phi) is 8.60. The number of carbonyl (C=O) groups is 2. The molecular formula is C26H27F4N5O4. The number of hydrogen-bond acceptors (Lipinski definition) is 7. The molecule has 0 saturated heterocycles. The first-order chi connectivity index (χ1) is 18.3. The van der Waals surface area contributed by atoms with Crippen LogP contribution in [0.2, 0.25) is 0 Å². The van der Waals surface area contributed by atoms with E-state index in [1.165, 1.54) is 18.3 Å². The number of anilines is 1. The molecule has 208 valence electrons. The van der Waals surface area contributed by atoms with Crippen molar-refractivity contribution in [2.45, 2.75) is 44.4 Å². The SMILES string of the molecule is Cc1cc(C#N)cnc1C(=O)Nc1ccc(F)c([C@]2(CF)COC(CF)(CF)C(NC(=O)OC(C)(C)C)=N2)c1. The molecule has 1 aromatic heterocycles. The lowest BCUT2D eigenvalue weighted by molar-refractivity contribution is -0.0661. The average molecular weight is 550 g/mol. The number of aromatic nitrogens is 1. The minimum Gasteiger partial charge on any atom is -0.444 e. The lowest BCUT2D eigenvalue weighted by Gasteiger charge is -2.41. The van der Waals surface area contributed by atoms with Crippen LogP contribution < -0.4 is 10.6 Å². The van der Waals surface area contributed by atoms with E-state index in [9.17, 15) is 22.8 Å². The molecule has 2 heterocycles. The highest BCUT2D eigenvalue weighted by Gasteiger charge is 2.50. The van der Waals surface area contributed by atoms with Gasteiger partial charge >= 0.3 is 6.09 Å². The van der Waals surface area contributed by atoms with Gasteiger partial charge in [-0.25, -0.2) is 27.3 Å². The van der Waals surface area contributed by atoms with Crippen molar-refractivity contribution in [3.8, 4) is 6.07 Å². The lowest BCUT2D eigenvalue weighted by atomic mass is 9.88. The van der Waals surface area contributed by atoms with E-state index < -0.39 is 72.6 Å². The quantitative estimate of drug-likeness (QED) is 0.513. The molecule has 2 aromatic rings. The molecule has 0 aliphatic carbocycles. The van der Waals surface area contributed by atoms with E-state index in [1.807, 2.05) is 6.07 Å². The molecule has 0 spiro atoms. The number of nitriles is 1. The van der Waals surface area contributed by atoms with Gasteiger partial charge in [-0.15, -0.1) is 0 Å². The van der Waals surface area contributed by atoms with Gasteiger partial charge in [-0.2, -0.15) is 5.26 Å². The van der Waals surface area contributed by atoms with Crippen LogP contribution in [0.1, 0.15) is 48.0 Å². The van der Waals surface area contributed by atoms with E-state index in [1.54, 1.807) is 27.7 Å². The van der Waals surface area contributed by atoms with Gasteiger partial charge in [0, 0.05) is 17.4 Å². The van der Waals surface area contributed by atoms with Crippen molar-refractivity contribution >= 4 is 23.5 Å². The number of halogens is 4. The number of hydrogen-bond donors (Lipinski definition) is 2. The highest BCUT2D eigenvalue weighted by molar-refractivity contribution is 6.04. The van der Waals surface area contributed by atoms with Crippen LogP contribution in [0.4, 0.5) is 28.0 Å². The second-order valence-corrected chi connectivity index (χ2v) is 9.95. The van der Waals surface area contributed by atoms with Gasteiger partial charge in [-0.1, -0.05) is 0 Å². The Labute approximate surface area is 222 Å². The molecule has 1 atom stereocenters. The molecule has 9 nitrogen and oxygen atoms in total. The maximum Gasteiger partial charge on any atom is 0.413 e. The number of amides is 2. The number of carbonyl (C=O) groups excluding carboxylic acids is 2. The molecule has 2 amide bonds. The summed E-state index contributed by atoms with van der Waals surface area (Å²) in [6.07, 6.45) is 0.0864. The van der Waals surface area contributed by atoms with Gasteiger partial charge in [0.2, 0.25) is 0 Å². The second kappa shape index (κ2) is 11.4. The maximum absolute atomic E-state index is 15.1. The molecule has 0 unspecified atom stereocenters. The van der Waals surface area contributed by atoms with Crippen LogP contribution in [0, 0.1) is 24.1 Å². The topological polar surface area (TPSA) is 126 Å². The van der Waals surface area contributed by atoms with Crippen molar-refractivity contribution in [2.24, 2.45) is 4.99 Å². The minimum atomic E-state index is -2.36. The zero-order chi connectivity index (χ0) is 29.0. The van der Waals surface area contributed by atoms with E-state index in [2.05, 4.69) is 20.6 Å². The van der Waals surface area contributed by atoms with Crippen LogP contribution in [0.3, 0.4) is 0 Å². The molecule has 0 fully saturated rings. The van der Waals surface area contributed by atoms with Crippen molar-refractivity contribution < 1.29 is 36.6 Å². The number of alkyl carbamates (subject to hydrolysis) is 1. The fraction of sp³-hybridized carbons (Fsp3) is 0.423. The molecule has 2 N–H and O–H groups in total. The molecule has 3 rings (SSSR count). The second-order valence-electron chi connectivity index (χ2n) is 9.95. The normalized spacial score (nSPS) is 18.5. The highest BCUT2D eigenvalue weighted by Crippen LogP contribution is 2.37. The smallest absolute Gasteiger partial charge is 0.413 e. The summed E-state index contributed by atoms with van der Waals surface area (Å²) in [5.74, 6) is -2.35. The monoisotopic (exact) mass is 549 g/mol. The summed E-state index contributed by atoms with van der Waals surface area (Å²) < 4.78 is 68.1. The summed E-state index contributed by atoms with van der Waals surface area (Å²) >= 11 is 0. The first-order valence-corrected chi connectivity index (χ1v) is 11.7. The molecule has 0 radical (unpaired) electrons. The minimum absolute atomic E-state index is 0.00128. The number of amidine groups is 1. The number of aryl methyl sites for hydroxylation is 1. The maximum atomic E-state index is 15.1. The van der Waals surface area contributed by atoms with E-state index in [-0.39, 0.29) is 16.9 Å². The molecule has 39 heavy (non-hydrogen) atoms. The van der Waals surface area contributed by atoms with Gasteiger partial charge in [0.1, 0.15) is 54.6 Å². The number of nitrogens with zero attached hydrogens (tertiary/aromatic N) is 3. The zero-order valence-electron chi connectivity index (χ0n) is 21.7. The van der Waals surface area contributed by atoms with E-state index in [0.29, 0.717) is 5.56 Å². The third kappa shape index (κ3) is 6.34. The molecule has 1 aliphatic heterocycles. The molecule has 1 aliphatic rings. The molecule has 0 saturated carbocycles. The summed E-state index contributed by atoms with van der Waals surface area (Å²) in [5.41, 5.74) is -5.22. The molecular weight excluding hydrogens is 522 g/mol. The number of ether oxygens (including phenoxy) is 2. The number of aliphatic imine (C=N–C) groups is 1. The van der Waals surface area contributed by atoms with Crippen LogP contribution in [0.5, 0.6) is 0 Å². The summed E-state index contributed by atoms with van der Waals surface area (Å²) in [4.78, 5) is 33.2. The van der Waals surface area contributed by atoms with Gasteiger partial charge in [-0.05, 0) is 57.5 Å². The number of nitrogens with one attached hydrogen (secondary N) is 2. The molecule has 13 heteroatoms. The Balaban J connectivity index is 2.02. The van der Waals surface area contributed by atoms with Gasteiger partial charge in [-0.3, -0.25) is 15.1 Å². The first-order valence-electron chi connectivity index (χ1n) is 11.7. The molecule has 1 aromatic carbocycles. The Morgan fingerprint density at radius 3 is 2.41 bits per heavy atom. The Morgan fingerprint density at radius 1 is 1.15 bits per heavy atom. The van der Waals surface area contributed by atoms with Gasteiger partial charge in [0.25, 0.3) is 5.91 Å². The third-order valence-electron chi connectivity index (χ3n) is 5.76. The third-order valence-corrected chi connectivity index (χ3v) is 5.76. The lowest BCUT2D eigenvalue weighted by Crippen LogP contribution is -2.60. The zero-order valence-corrected chi connectivity index (χ0v) is 21.7. The predicted octanol–water partition coefficient (Wildman–Crippen LogP) is 4.45. The summed E-state index contributed by atoms with van der Waals surface area (Å²) in [7, 11) is 0. The van der Waals surface area contributed by atoms with Crippen LogP contribution >= 0.6 is 0 Å². The fourth-order valence-corrected chi connectivity index (χ4v) is 3.76. The Hall–Kier alpha value is -4.05. The van der Waals surface area contributed by atoms with Crippen LogP contribution in [0.15, 0.2) is 35.5 Å². The fourth-order valence-electron chi connectivity index (χ4n) is 3.76. The van der Waals surface area contributed by atoms with Gasteiger partial charge < -0.3 is 14.8 Å². The first kappa shape index (κ1) is 29.5. The van der Waals surface area contributed by atoms with Crippen molar-refractivity contribution in [3.63, 3.8) is 0 Å². The van der Waals surface area contributed by atoms with Crippen molar-refractivity contribution in [2.75, 3.05) is 31.9 Å². The number of alkyl halides is 3. The van der Waals surface area contributed by atoms with Gasteiger partial charge in [0.05, 0.1) is 12.2 Å². The number of pyridine rings is 1.